The zero-order chi connectivity index (χ0) is 17.7. The molecule has 1 N–H and O–H groups in total. The van der Waals surface area contributed by atoms with Gasteiger partial charge in [0.2, 0.25) is 0 Å². The lowest BCUT2D eigenvalue weighted by atomic mass is 10.1. The van der Waals surface area contributed by atoms with E-state index >= 15 is 0 Å². The van der Waals surface area contributed by atoms with Crippen LogP contribution in [0.2, 0.25) is 5.02 Å². The molecule has 0 unspecified atom stereocenters. The highest BCUT2D eigenvalue weighted by Gasteiger charge is 2.17. The molecule has 0 aliphatic carbocycles. The molecule has 0 bridgehead atoms. The van der Waals surface area contributed by atoms with Crippen molar-refractivity contribution in [2.75, 3.05) is 19.0 Å². The third-order valence-electron chi connectivity index (χ3n) is 3.12. The normalized spacial score (nSPS) is 10.4. The zero-order valence-corrected chi connectivity index (χ0v) is 15.5. The average molecular weight is 417 g/mol. The minimum atomic E-state index is -0.568. The maximum atomic E-state index is 13.7. The number of hydrogen-bond acceptors (Lipinski definition) is 3. The quantitative estimate of drug-likeness (QED) is 0.696. The summed E-state index contributed by atoms with van der Waals surface area (Å²) < 4.78 is 25.2. The van der Waals surface area contributed by atoms with E-state index in [1.165, 1.54) is 31.4 Å². The first-order valence-corrected chi connectivity index (χ1v) is 8.40. The third kappa shape index (κ3) is 4.39. The van der Waals surface area contributed by atoms with Gasteiger partial charge < -0.3 is 14.8 Å². The molecule has 0 fully saturated rings. The number of carbonyl (C=O) groups is 1. The first-order valence-electron chi connectivity index (χ1n) is 7.23. The van der Waals surface area contributed by atoms with E-state index in [4.69, 9.17) is 21.1 Å². The maximum Gasteiger partial charge on any atom is 0.255 e. The van der Waals surface area contributed by atoms with Crippen LogP contribution in [-0.2, 0) is 0 Å². The van der Waals surface area contributed by atoms with Gasteiger partial charge in [-0.25, -0.2) is 4.39 Å². The highest BCUT2D eigenvalue weighted by Crippen LogP contribution is 2.37. The summed E-state index contributed by atoms with van der Waals surface area (Å²) in [6, 6.07) is 7.07. The molecule has 4 nitrogen and oxygen atoms in total. The van der Waals surface area contributed by atoms with E-state index in [1.807, 2.05) is 6.92 Å². The van der Waals surface area contributed by atoms with Crippen LogP contribution in [0.15, 0.2) is 34.8 Å². The summed E-state index contributed by atoms with van der Waals surface area (Å²) >= 11 is 9.20. The second-order valence-corrected chi connectivity index (χ2v) is 6.21. The molecule has 2 aromatic rings. The van der Waals surface area contributed by atoms with Gasteiger partial charge in [0, 0.05) is 10.6 Å². The number of hydrogen-bond donors (Lipinski definition) is 1. The van der Waals surface area contributed by atoms with E-state index in [0.29, 0.717) is 33.2 Å². The van der Waals surface area contributed by atoms with E-state index in [0.717, 1.165) is 6.42 Å². The van der Waals surface area contributed by atoms with Gasteiger partial charge in [-0.1, -0.05) is 18.5 Å². The molecule has 1 amide bonds. The third-order valence-corrected chi connectivity index (χ3v) is 3.94. The predicted octanol–water partition coefficient (Wildman–Crippen LogP) is 5.29. The lowest BCUT2D eigenvalue weighted by Crippen LogP contribution is -2.13. The molecule has 0 aliphatic rings. The van der Waals surface area contributed by atoms with Gasteiger partial charge in [0.25, 0.3) is 5.91 Å². The maximum absolute atomic E-state index is 13.7. The number of ether oxygens (including phenoxy) is 2. The summed E-state index contributed by atoms with van der Waals surface area (Å²) in [7, 11) is 1.49. The Labute approximate surface area is 153 Å². The molecule has 0 aromatic heterocycles. The van der Waals surface area contributed by atoms with Crippen molar-refractivity contribution in [2.45, 2.75) is 13.3 Å². The summed E-state index contributed by atoms with van der Waals surface area (Å²) in [6.45, 7) is 2.51. The van der Waals surface area contributed by atoms with Crippen LogP contribution < -0.4 is 14.8 Å². The van der Waals surface area contributed by atoms with Gasteiger partial charge in [-0.15, -0.1) is 0 Å². The van der Waals surface area contributed by atoms with E-state index in [-0.39, 0.29) is 5.69 Å². The Bertz CT molecular complexity index is 755. The summed E-state index contributed by atoms with van der Waals surface area (Å²) in [6.07, 6.45) is 0.839. The standard InChI is InChI=1S/C17H16BrClFNO3/c1-3-6-24-16-12(18)7-10(8-15(16)23-2)17(22)21-14-9-11(19)4-5-13(14)20/h4-5,7-9H,3,6H2,1-2H3,(H,21,22). The Morgan fingerprint density at radius 1 is 1.33 bits per heavy atom. The molecule has 2 rings (SSSR count). The highest BCUT2D eigenvalue weighted by molar-refractivity contribution is 9.10. The van der Waals surface area contributed by atoms with Gasteiger partial charge in [0.05, 0.1) is 23.9 Å². The first kappa shape index (κ1) is 18.5. The van der Waals surface area contributed by atoms with Gasteiger partial charge in [-0.05, 0) is 52.7 Å². The van der Waals surface area contributed by atoms with Crippen LogP contribution in [0.3, 0.4) is 0 Å². The number of nitrogens with one attached hydrogen (secondary N) is 1. The fourth-order valence-corrected chi connectivity index (χ4v) is 2.71. The number of halogens is 3. The van der Waals surface area contributed by atoms with E-state index in [9.17, 15) is 9.18 Å². The summed E-state index contributed by atoms with van der Waals surface area (Å²) in [4.78, 5) is 12.4. The Balaban J connectivity index is 2.29. The predicted molar refractivity (Wildman–Crippen MR) is 95.8 cm³/mol. The number of carbonyl (C=O) groups excluding carboxylic acids is 1. The largest absolute Gasteiger partial charge is 0.493 e. The molecule has 0 radical (unpaired) electrons. The number of rotatable bonds is 6. The topological polar surface area (TPSA) is 47.6 Å². The number of anilines is 1. The fourth-order valence-electron chi connectivity index (χ4n) is 1.98. The van der Waals surface area contributed by atoms with Gasteiger partial charge in [0.15, 0.2) is 11.5 Å². The van der Waals surface area contributed by atoms with Crippen molar-refractivity contribution in [3.63, 3.8) is 0 Å². The van der Waals surface area contributed by atoms with Crippen LogP contribution in [0.4, 0.5) is 10.1 Å². The monoisotopic (exact) mass is 415 g/mol. The molecule has 2 aromatic carbocycles. The number of methoxy groups -OCH3 is 1. The van der Waals surface area contributed by atoms with Crippen molar-refractivity contribution in [1.82, 2.24) is 0 Å². The molecule has 0 saturated carbocycles. The molecule has 0 atom stereocenters. The van der Waals surface area contributed by atoms with Crippen LogP contribution in [0, 0.1) is 5.82 Å². The van der Waals surface area contributed by atoms with E-state index < -0.39 is 11.7 Å². The van der Waals surface area contributed by atoms with Crippen molar-refractivity contribution in [3.05, 3.63) is 51.2 Å². The molecular weight excluding hydrogens is 401 g/mol. The highest BCUT2D eigenvalue weighted by atomic mass is 79.9. The van der Waals surface area contributed by atoms with Crippen molar-refractivity contribution < 1.29 is 18.7 Å². The molecule has 0 heterocycles. The summed E-state index contributed by atoms with van der Waals surface area (Å²) in [5.41, 5.74) is 0.302. The summed E-state index contributed by atoms with van der Waals surface area (Å²) in [5, 5.41) is 2.82. The minimum Gasteiger partial charge on any atom is -0.493 e. The molecule has 0 aliphatic heterocycles. The zero-order valence-electron chi connectivity index (χ0n) is 13.2. The Morgan fingerprint density at radius 2 is 2.08 bits per heavy atom. The molecule has 24 heavy (non-hydrogen) atoms. The molecule has 128 valence electrons. The van der Waals surface area contributed by atoms with E-state index in [2.05, 4.69) is 21.2 Å². The van der Waals surface area contributed by atoms with Crippen LogP contribution in [0.25, 0.3) is 0 Å². The Morgan fingerprint density at radius 3 is 2.75 bits per heavy atom. The molecule has 0 saturated heterocycles. The second kappa shape index (κ2) is 8.35. The first-order chi connectivity index (χ1) is 11.5. The van der Waals surface area contributed by atoms with Crippen molar-refractivity contribution >= 4 is 39.1 Å². The Hall–Kier alpha value is -1.79. The average Bonchev–Trinajstić information content (AvgIpc) is 2.56. The molecule has 0 spiro atoms. The van der Waals surface area contributed by atoms with Crippen LogP contribution in [0.1, 0.15) is 23.7 Å². The van der Waals surface area contributed by atoms with Gasteiger partial charge in [-0.2, -0.15) is 0 Å². The van der Waals surface area contributed by atoms with Crippen LogP contribution in [0.5, 0.6) is 11.5 Å². The van der Waals surface area contributed by atoms with Crippen molar-refractivity contribution in [1.29, 1.82) is 0 Å². The van der Waals surface area contributed by atoms with Crippen LogP contribution >= 0.6 is 27.5 Å². The fraction of sp³-hybridized carbons (Fsp3) is 0.235. The Kier molecular flexibility index (Phi) is 6.45. The van der Waals surface area contributed by atoms with Crippen molar-refractivity contribution in [3.8, 4) is 11.5 Å². The van der Waals surface area contributed by atoms with Gasteiger partial charge >= 0.3 is 0 Å². The smallest absolute Gasteiger partial charge is 0.255 e. The SMILES string of the molecule is CCCOc1c(Br)cc(C(=O)Nc2cc(Cl)ccc2F)cc1OC. The lowest BCUT2D eigenvalue weighted by molar-refractivity contribution is 0.102. The van der Waals surface area contributed by atoms with Gasteiger partial charge in [-0.3, -0.25) is 4.79 Å². The summed E-state index contributed by atoms with van der Waals surface area (Å²) in [5.74, 6) is -0.127. The van der Waals surface area contributed by atoms with E-state index in [1.54, 1.807) is 6.07 Å². The number of benzene rings is 2. The van der Waals surface area contributed by atoms with Crippen LogP contribution in [-0.4, -0.2) is 19.6 Å². The lowest BCUT2D eigenvalue weighted by Gasteiger charge is -2.14. The van der Waals surface area contributed by atoms with Crippen molar-refractivity contribution in [2.24, 2.45) is 0 Å². The number of amides is 1. The minimum absolute atomic E-state index is 0.00824. The second-order valence-electron chi connectivity index (χ2n) is 4.92. The van der Waals surface area contributed by atoms with Gasteiger partial charge in [0.1, 0.15) is 5.82 Å². The molecule has 7 heteroatoms. The molecular formula is C17H16BrClFNO3.